The quantitative estimate of drug-likeness (QED) is 0.688. The third-order valence-corrected chi connectivity index (χ3v) is 5.58. The number of para-hydroxylation sites is 1. The van der Waals surface area contributed by atoms with Gasteiger partial charge < -0.3 is 10.1 Å². The second kappa shape index (κ2) is 9.89. The number of anilines is 1. The fourth-order valence-corrected chi connectivity index (χ4v) is 3.98. The molecule has 0 radical (unpaired) electrons. The molecule has 1 aliphatic heterocycles. The van der Waals surface area contributed by atoms with Gasteiger partial charge in [-0.25, -0.2) is 8.42 Å². The molecule has 1 saturated heterocycles. The van der Waals surface area contributed by atoms with E-state index in [0.717, 1.165) is 38.4 Å². The van der Waals surface area contributed by atoms with Gasteiger partial charge in [0.05, 0.1) is 25.2 Å². The third-order valence-electron chi connectivity index (χ3n) is 4.40. The van der Waals surface area contributed by atoms with Crippen LogP contribution in [0.15, 0.2) is 24.3 Å². The van der Waals surface area contributed by atoms with Crippen molar-refractivity contribution in [3.63, 3.8) is 0 Å². The van der Waals surface area contributed by atoms with Crippen LogP contribution in [-0.4, -0.2) is 71.4 Å². The highest BCUT2D eigenvalue weighted by Gasteiger charge is 2.19. The van der Waals surface area contributed by atoms with Crippen LogP contribution in [0.3, 0.4) is 0 Å². The molecule has 1 heterocycles. The smallest absolute Gasteiger partial charge is 0.232 e. The number of hydrogen-bond donors (Lipinski definition) is 1. The molecular weight excluding hydrogens is 354 g/mol. The number of ether oxygens (including phenoxy) is 1. The fourth-order valence-electron chi connectivity index (χ4n) is 2.96. The van der Waals surface area contributed by atoms with Crippen molar-refractivity contribution >= 4 is 21.6 Å². The first-order valence-corrected chi connectivity index (χ1v) is 10.8. The number of morpholine rings is 1. The maximum atomic E-state index is 12.1. The van der Waals surface area contributed by atoms with Crippen LogP contribution in [0.5, 0.6) is 0 Å². The molecule has 1 amide bonds. The first-order chi connectivity index (χ1) is 12.4. The van der Waals surface area contributed by atoms with Crippen molar-refractivity contribution in [2.75, 3.05) is 56.5 Å². The summed E-state index contributed by atoms with van der Waals surface area (Å²) in [6.07, 6.45) is 1.98. The molecule has 7 nitrogen and oxygen atoms in total. The van der Waals surface area contributed by atoms with Gasteiger partial charge in [-0.3, -0.25) is 14.0 Å². The molecule has 2 rings (SSSR count). The van der Waals surface area contributed by atoms with E-state index in [4.69, 9.17) is 4.74 Å². The van der Waals surface area contributed by atoms with E-state index in [1.54, 1.807) is 6.07 Å². The average molecular weight is 384 g/mol. The van der Waals surface area contributed by atoms with Gasteiger partial charge in [0.1, 0.15) is 0 Å². The van der Waals surface area contributed by atoms with E-state index in [1.165, 1.54) is 10.6 Å². The minimum absolute atomic E-state index is 0.0449. The Morgan fingerprint density at radius 3 is 2.62 bits per heavy atom. The van der Waals surface area contributed by atoms with Crippen molar-refractivity contribution in [3.05, 3.63) is 29.8 Å². The number of benzene rings is 1. The van der Waals surface area contributed by atoms with Crippen LogP contribution in [0.4, 0.5) is 5.69 Å². The summed E-state index contributed by atoms with van der Waals surface area (Å²) in [4.78, 5) is 14.3. The highest BCUT2D eigenvalue weighted by Crippen LogP contribution is 2.22. The molecule has 146 valence electrons. The van der Waals surface area contributed by atoms with E-state index in [9.17, 15) is 13.2 Å². The Morgan fingerprint density at radius 2 is 1.96 bits per heavy atom. The zero-order valence-electron chi connectivity index (χ0n) is 15.6. The Kier molecular flexibility index (Phi) is 7.86. The van der Waals surface area contributed by atoms with Crippen LogP contribution in [0, 0.1) is 6.92 Å². The Balaban J connectivity index is 1.76. The number of nitrogens with zero attached hydrogens (tertiary/aromatic N) is 2. The Labute approximate surface area is 156 Å². The normalized spacial score (nSPS) is 15.6. The molecule has 0 unspecified atom stereocenters. The molecule has 0 atom stereocenters. The van der Waals surface area contributed by atoms with Gasteiger partial charge in [0.15, 0.2) is 0 Å². The first-order valence-electron chi connectivity index (χ1n) is 8.98. The van der Waals surface area contributed by atoms with E-state index >= 15 is 0 Å². The molecule has 0 saturated carbocycles. The van der Waals surface area contributed by atoms with Crippen LogP contribution in [0.2, 0.25) is 0 Å². The summed E-state index contributed by atoms with van der Waals surface area (Å²) in [5.41, 5.74) is 1.57. The molecule has 0 spiro atoms. The molecule has 1 fully saturated rings. The summed E-state index contributed by atoms with van der Waals surface area (Å²) in [6, 6.07) is 7.37. The molecule has 1 aliphatic rings. The van der Waals surface area contributed by atoms with Crippen LogP contribution < -0.4 is 9.62 Å². The minimum Gasteiger partial charge on any atom is -0.379 e. The molecular formula is C18H29N3O4S. The van der Waals surface area contributed by atoms with E-state index in [-0.39, 0.29) is 5.91 Å². The zero-order valence-corrected chi connectivity index (χ0v) is 16.4. The highest BCUT2D eigenvalue weighted by molar-refractivity contribution is 7.92. The van der Waals surface area contributed by atoms with Crippen molar-refractivity contribution in [2.24, 2.45) is 0 Å². The predicted molar refractivity (Wildman–Crippen MR) is 103 cm³/mol. The number of nitrogens with one attached hydrogen (secondary N) is 1. The van der Waals surface area contributed by atoms with Crippen LogP contribution in [-0.2, 0) is 19.6 Å². The zero-order chi connectivity index (χ0) is 19.0. The molecule has 0 bridgehead atoms. The van der Waals surface area contributed by atoms with Crippen molar-refractivity contribution in [3.8, 4) is 0 Å². The molecule has 8 heteroatoms. The Bertz CT molecular complexity index is 687. The molecule has 0 aromatic heterocycles. The first kappa shape index (κ1) is 20.7. The van der Waals surface area contributed by atoms with Gasteiger partial charge in [0.2, 0.25) is 15.9 Å². The van der Waals surface area contributed by atoms with Gasteiger partial charge in [-0.15, -0.1) is 0 Å². The van der Waals surface area contributed by atoms with Crippen LogP contribution >= 0.6 is 0 Å². The maximum absolute atomic E-state index is 12.1. The van der Waals surface area contributed by atoms with Gasteiger partial charge in [0.25, 0.3) is 0 Å². The number of carbonyl (C=O) groups is 1. The lowest BCUT2D eigenvalue weighted by molar-refractivity contribution is -0.121. The summed E-state index contributed by atoms with van der Waals surface area (Å²) < 4.78 is 30.9. The summed E-state index contributed by atoms with van der Waals surface area (Å²) in [5.74, 6) is -0.0449. The number of rotatable bonds is 9. The topological polar surface area (TPSA) is 79.0 Å². The van der Waals surface area contributed by atoms with E-state index in [0.29, 0.717) is 31.6 Å². The van der Waals surface area contributed by atoms with Gasteiger partial charge >= 0.3 is 0 Å². The van der Waals surface area contributed by atoms with E-state index < -0.39 is 10.0 Å². The Morgan fingerprint density at radius 1 is 1.27 bits per heavy atom. The van der Waals surface area contributed by atoms with Crippen molar-refractivity contribution in [1.82, 2.24) is 10.2 Å². The van der Waals surface area contributed by atoms with Gasteiger partial charge in [-0.2, -0.15) is 0 Å². The van der Waals surface area contributed by atoms with Crippen molar-refractivity contribution < 1.29 is 17.9 Å². The predicted octanol–water partition coefficient (Wildman–Crippen LogP) is 0.990. The second-order valence-corrected chi connectivity index (χ2v) is 8.44. The Hall–Kier alpha value is -1.64. The molecule has 1 N–H and O–H groups in total. The lowest BCUT2D eigenvalue weighted by Gasteiger charge is -2.26. The van der Waals surface area contributed by atoms with Crippen LogP contribution in [0.1, 0.15) is 18.4 Å². The average Bonchev–Trinajstić information content (AvgIpc) is 2.60. The molecule has 0 aliphatic carbocycles. The number of carbonyl (C=O) groups excluding carboxylic acids is 1. The summed E-state index contributed by atoms with van der Waals surface area (Å²) >= 11 is 0. The van der Waals surface area contributed by atoms with Crippen LogP contribution in [0.25, 0.3) is 0 Å². The number of sulfonamides is 1. The second-order valence-electron chi connectivity index (χ2n) is 6.53. The standard InChI is InChI=1S/C18H29N3O4S/c1-16-6-3-4-7-17(16)21(26(2,23)24)10-5-8-18(22)19-9-11-20-12-14-25-15-13-20/h3-4,6-7H,5,8-15H2,1-2H3,(H,19,22). The van der Waals surface area contributed by atoms with Gasteiger partial charge in [-0.05, 0) is 25.0 Å². The summed E-state index contributed by atoms with van der Waals surface area (Å²) in [7, 11) is -3.39. The fraction of sp³-hybridized carbons (Fsp3) is 0.611. The van der Waals surface area contributed by atoms with Crippen molar-refractivity contribution in [1.29, 1.82) is 0 Å². The molecule has 1 aromatic carbocycles. The summed E-state index contributed by atoms with van der Waals surface area (Å²) in [6.45, 7) is 6.88. The lowest BCUT2D eigenvalue weighted by atomic mass is 10.2. The summed E-state index contributed by atoms with van der Waals surface area (Å²) in [5, 5.41) is 2.90. The third kappa shape index (κ3) is 6.59. The monoisotopic (exact) mass is 383 g/mol. The highest BCUT2D eigenvalue weighted by atomic mass is 32.2. The van der Waals surface area contributed by atoms with Crippen molar-refractivity contribution in [2.45, 2.75) is 19.8 Å². The molecule has 1 aromatic rings. The minimum atomic E-state index is -3.39. The SMILES string of the molecule is Cc1ccccc1N(CCCC(=O)NCCN1CCOCC1)S(C)(=O)=O. The maximum Gasteiger partial charge on any atom is 0.232 e. The van der Waals surface area contributed by atoms with Gasteiger partial charge in [0, 0.05) is 39.1 Å². The van der Waals surface area contributed by atoms with E-state index in [2.05, 4.69) is 10.2 Å². The number of aryl methyl sites for hydroxylation is 1. The number of amides is 1. The largest absolute Gasteiger partial charge is 0.379 e. The number of hydrogen-bond acceptors (Lipinski definition) is 5. The molecule has 26 heavy (non-hydrogen) atoms. The van der Waals surface area contributed by atoms with E-state index in [1.807, 2.05) is 25.1 Å². The lowest BCUT2D eigenvalue weighted by Crippen LogP contribution is -2.41. The van der Waals surface area contributed by atoms with Gasteiger partial charge in [-0.1, -0.05) is 18.2 Å².